The predicted octanol–water partition coefficient (Wildman–Crippen LogP) is 2.24. The Balaban J connectivity index is 1.71. The van der Waals surface area contributed by atoms with Gasteiger partial charge in [0.25, 0.3) is 0 Å². The van der Waals surface area contributed by atoms with Crippen molar-refractivity contribution in [2.24, 2.45) is 0 Å². The summed E-state index contributed by atoms with van der Waals surface area (Å²) in [6.07, 6.45) is 9.77. The van der Waals surface area contributed by atoms with Gasteiger partial charge in [0, 0.05) is 18.5 Å². The molecule has 0 saturated carbocycles. The number of nitrogens with zero attached hydrogens (tertiary/aromatic N) is 4. The molecule has 0 saturated heterocycles. The molecule has 0 spiro atoms. The molecular weight excluding hydrogens is 302 g/mol. The molecule has 2 heterocycles. The zero-order valence-corrected chi connectivity index (χ0v) is 13.0. The standard InChI is InChI=1S/C18H17N5O/c24-18(7-6-15-8-10-19-11-9-15)22-17(12-23-14-20-13-21-23)16-4-2-1-3-5-16/h1-11,13-14,17H,12H2,(H,22,24)/b7-6+/t17-/m1/s1. The number of pyridine rings is 1. The molecule has 1 N–H and O–H groups in total. The Hall–Kier alpha value is -3.28. The summed E-state index contributed by atoms with van der Waals surface area (Å²) >= 11 is 0. The Labute approximate surface area is 139 Å². The topological polar surface area (TPSA) is 72.7 Å². The third kappa shape index (κ3) is 4.36. The van der Waals surface area contributed by atoms with Gasteiger partial charge in [-0.05, 0) is 29.3 Å². The molecule has 3 rings (SSSR count). The Morgan fingerprint density at radius 1 is 1.12 bits per heavy atom. The van der Waals surface area contributed by atoms with E-state index < -0.39 is 0 Å². The molecule has 0 unspecified atom stereocenters. The molecule has 0 aliphatic heterocycles. The minimum absolute atomic E-state index is 0.166. The SMILES string of the molecule is O=C(/C=C/c1ccncc1)N[C@H](Cn1cncn1)c1ccccc1. The van der Waals surface area contributed by atoms with E-state index in [0.29, 0.717) is 6.54 Å². The third-order valence-corrected chi connectivity index (χ3v) is 3.49. The van der Waals surface area contributed by atoms with Crippen molar-refractivity contribution in [2.45, 2.75) is 12.6 Å². The van der Waals surface area contributed by atoms with Gasteiger partial charge >= 0.3 is 0 Å². The van der Waals surface area contributed by atoms with Gasteiger partial charge in [0.05, 0.1) is 12.6 Å². The number of aromatic nitrogens is 4. The van der Waals surface area contributed by atoms with Crippen LogP contribution >= 0.6 is 0 Å². The van der Waals surface area contributed by atoms with Gasteiger partial charge in [-0.25, -0.2) is 4.98 Å². The minimum atomic E-state index is -0.192. The summed E-state index contributed by atoms with van der Waals surface area (Å²) in [4.78, 5) is 20.2. The van der Waals surface area contributed by atoms with Crippen LogP contribution in [0, 0.1) is 0 Å². The largest absolute Gasteiger partial charge is 0.344 e. The lowest BCUT2D eigenvalue weighted by atomic mass is 10.1. The van der Waals surface area contributed by atoms with Crippen molar-refractivity contribution in [3.8, 4) is 0 Å². The fourth-order valence-corrected chi connectivity index (χ4v) is 2.30. The van der Waals surface area contributed by atoms with E-state index in [1.165, 1.54) is 12.4 Å². The van der Waals surface area contributed by atoms with Gasteiger partial charge in [0.1, 0.15) is 12.7 Å². The molecule has 120 valence electrons. The number of benzene rings is 1. The van der Waals surface area contributed by atoms with Gasteiger partial charge in [-0.2, -0.15) is 5.10 Å². The predicted molar refractivity (Wildman–Crippen MR) is 90.6 cm³/mol. The maximum absolute atomic E-state index is 12.3. The quantitative estimate of drug-likeness (QED) is 0.707. The Morgan fingerprint density at radius 2 is 1.92 bits per heavy atom. The number of nitrogens with one attached hydrogen (secondary N) is 1. The van der Waals surface area contributed by atoms with Crippen molar-refractivity contribution in [1.29, 1.82) is 0 Å². The Bertz CT molecular complexity index is 785. The smallest absolute Gasteiger partial charge is 0.244 e. The molecule has 1 aromatic carbocycles. The number of carbonyl (C=O) groups is 1. The Kier molecular flexibility index (Phi) is 5.09. The van der Waals surface area contributed by atoms with Gasteiger partial charge in [0.2, 0.25) is 5.91 Å². The van der Waals surface area contributed by atoms with Gasteiger partial charge < -0.3 is 5.32 Å². The Morgan fingerprint density at radius 3 is 2.62 bits per heavy atom. The van der Waals surface area contributed by atoms with Crippen LogP contribution in [-0.2, 0) is 11.3 Å². The van der Waals surface area contributed by atoms with E-state index in [4.69, 9.17) is 0 Å². The minimum Gasteiger partial charge on any atom is -0.344 e. The molecule has 2 aromatic heterocycles. The first-order chi connectivity index (χ1) is 11.8. The second kappa shape index (κ2) is 7.82. The zero-order valence-electron chi connectivity index (χ0n) is 13.0. The first-order valence-corrected chi connectivity index (χ1v) is 7.57. The van der Waals surface area contributed by atoms with E-state index in [1.54, 1.807) is 29.5 Å². The molecule has 0 bridgehead atoms. The number of hydrogen-bond acceptors (Lipinski definition) is 4. The summed E-state index contributed by atoms with van der Waals surface area (Å²) in [5.41, 5.74) is 1.94. The van der Waals surface area contributed by atoms with Crippen LogP contribution < -0.4 is 5.32 Å². The number of carbonyl (C=O) groups excluding carboxylic acids is 1. The highest BCUT2D eigenvalue weighted by Gasteiger charge is 2.14. The fraction of sp³-hybridized carbons (Fsp3) is 0.111. The second-order valence-corrected chi connectivity index (χ2v) is 5.20. The maximum atomic E-state index is 12.3. The number of amides is 1. The van der Waals surface area contributed by atoms with Gasteiger partial charge in [-0.1, -0.05) is 30.3 Å². The first-order valence-electron chi connectivity index (χ1n) is 7.57. The van der Waals surface area contributed by atoms with Crippen LogP contribution in [0.2, 0.25) is 0 Å². The van der Waals surface area contributed by atoms with Crippen molar-refractivity contribution < 1.29 is 4.79 Å². The van der Waals surface area contributed by atoms with Gasteiger partial charge in [-0.15, -0.1) is 0 Å². The number of hydrogen-bond donors (Lipinski definition) is 1. The van der Waals surface area contributed by atoms with Crippen LogP contribution in [0.5, 0.6) is 0 Å². The molecule has 1 atom stereocenters. The summed E-state index contributed by atoms with van der Waals surface area (Å²) in [5, 5.41) is 7.12. The summed E-state index contributed by atoms with van der Waals surface area (Å²) < 4.78 is 1.70. The van der Waals surface area contributed by atoms with Crippen LogP contribution in [0.15, 0.2) is 73.6 Å². The monoisotopic (exact) mass is 319 g/mol. The molecule has 24 heavy (non-hydrogen) atoms. The normalized spacial score (nSPS) is 12.2. The van der Waals surface area contributed by atoms with E-state index in [2.05, 4.69) is 20.4 Å². The molecule has 6 heteroatoms. The summed E-state index contributed by atoms with van der Waals surface area (Å²) in [7, 11) is 0. The molecule has 6 nitrogen and oxygen atoms in total. The lowest BCUT2D eigenvalue weighted by Gasteiger charge is -2.18. The van der Waals surface area contributed by atoms with E-state index in [9.17, 15) is 4.79 Å². The van der Waals surface area contributed by atoms with E-state index in [-0.39, 0.29) is 11.9 Å². The molecule has 0 fully saturated rings. The van der Waals surface area contributed by atoms with Crippen molar-refractivity contribution >= 4 is 12.0 Å². The number of rotatable bonds is 6. The zero-order chi connectivity index (χ0) is 16.6. The van der Waals surface area contributed by atoms with Gasteiger partial charge in [-0.3, -0.25) is 14.5 Å². The highest BCUT2D eigenvalue weighted by atomic mass is 16.1. The van der Waals surface area contributed by atoms with Crippen LogP contribution in [0.25, 0.3) is 6.08 Å². The fourth-order valence-electron chi connectivity index (χ4n) is 2.30. The molecule has 0 aliphatic carbocycles. The van der Waals surface area contributed by atoms with Crippen molar-refractivity contribution in [3.63, 3.8) is 0 Å². The summed E-state index contributed by atoms with van der Waals surface area (Å²) in [5.74, 6) is -0.166. The summed E-state index contributed by atoms with van der Waals surface area (Å²) in [6.45, 7) is 0.513. The average Bonchev–Trinajstić information content (AvgIpc) is 3.14. The van der Waals surface area contributed by atoms with Crippen molar-refractivity contribution in [1.82, 2.24) is 25.1 Å². The maximum Gasteiger partial charge on any atom is 0.244 e. The van der Waals surface area contributed by atoms with Crippen LogP contribution in [-0.4, -0.2) is 25.7 Å². The molecule has 0 aliphatic rings. The van der Waals surface area contributed by atoms with Crippen LogP contribution in [0.3, 0.4) is 0 Å². The molecule has 1 amide bonds. The highest BCUT2D eigenvalue weighted by molar-refractivity contribution is 5.91. The highest BCUT2D eigenvalue weighted by Crippen LogP contribution is 2.14. The third-order valence-electron chi connectivity index (χ3n) is 3.49. The molecular formula is C18H17N5O. The van der Waals surface area contributed by atoms with E-state index in [0.717, 1.165) is 11.1 Å². The van der Waals surface area contributed by atoms with Crippen LogP contribution in [0.4, 0.5) is 0 Å². The average molecular weight is 319 g/mol. The lowest BCUT2D eigenvalue weighted by molar-refractivity contribution is -0.117. The lowest BCUT2D eigenvalue weighted by Crippen LogP contribution is -2.30. The van der Waals surface area contributed by atoms with Crippen LogP contribution in [0.1, 0.15) is 17.2 Å². The molecule has 3 aromatic rings. The van der Waals surface area contributed by atoms with Crippen molar-refractivity contribution in [3.05, 3.63) is 84.7 Å². The summed E-state index contributed by atoms with van der Waals surface area (Å²) in [6, 6.07) is 13.3. The molecule has 0 radical (unpaired) electrons. The van der Waals surface area contributed by atoms with Gasteiger partial charge in [0.15, 0.2) is 0 Å². The van der Waals surface area contributed by atoms with Crippen molar-refractivity contribution in [2.75, 3.05) is 0 Å². The van der Waals surface area contributed by atoms with E-state index in [1.807, 2.05) is 42.5 Å². The van der Waals surface area contributed by atoms with E-state index >= 15 is 0 Å². The second-order valence-electron chi connectivity index (χ2n) is 5.20. The first kappa shape index (κ1) is 15.6.